The van der Waals surface area contributed by atoms with E-state index in [0.29, 0.717) is 6.04 Å². The maximum Gasteiger partial charge on any atom is 0.119 e. The van der Waals surface area contributed by atoms with Crippen molar-refractivity contribution >= 4 is 16.3 Å². The van der Waals surface area contributed by atoms with E-state index >= 15 is 0 Å². The van der Waals surface area contributed by atoms with E-state index in [4.69, 9.17) is 4.74 Å². The van der Waals surface area contributed by atoms with Crippen LogP contribution in [0.25, 0.3) is 0 Å². The van der Waals surface area contributed by atoms with Crippen LogP contribution in [0.3, 0.4) is 0 Å². The minimum atomic E-state index is 0.573. The maximum absolute atomic E-state index is 5.38. The van der Waals surface area contributed by atoms with E-state index in [1.807, 2.05) is 11.3 Å². The summed E-state index contributed by atoms with van der Waals surface area (Å²) in [7, 11) is 1.75. The van der Waals surface area contributed by atoms with E-state index in [1.54, 1.807) is 7.11 Å². The predicted molar refractivity (Wildman–Crippen MR) is 83.8 cm³/mol. The molecule has 1 fully saturated rings. The summed E-state index contributed by atoms with van der Waals surface area (Å²) in [6, 6.07) is 11.6. The molecule has 0 bridgehead atoms. The molecule has 2 unspecified atom stereocenters. The van der Waals surface area contributed by atoms with Gasteiger partial charge in [-0.05, 0) is 66.0 Å². The van der Waals surface area contributed by atoms with Gasteiger partial charge >= 0.3 is 0 Å². The van der Waals surface area contributed by atoms with Gasteiger partial charge < -0.3 is 9.64 Å². The second kappa shape index (κ2) is 4.81. The normalized spacial score (nSPS) is 24.4. The number of methoxy groups -OCH3 is 1. The molecule has 1 aromatic heterocycles. The van der Waals surface area contributed by atoms with Gasteiger partial charge in [0.1, 0.15) is 5.75 Å². The zero-order valence-corrected chi connectivity index (χ0v) is 12.5. The van der Waals surface area contributed by atoms with Crippen molar-refractivity contribution in [2.24, 2.45) is 5.92 Å². The van der Waals surface area contributed by atoms with Gasteiger partial charge in [0.2, 0.25) is 0 Å². The molecule has 2 heterocycles. The molecule has 4 rings (SSSR count). The van der Waals surface area contributed by atoms with E-state index in [-0.39, 0.29) is 0 Å². The van der Waals surface area contributed by atoms with Crippen LogP contribution in [0.15, 0.2) is 35.7 Å². The van der Waals surface area contributed by atoms with Crippen molar-refractivity contribution in [1.29, 1.82) is 0 Å². The largest absolute Gasteiger partial charge is 0.497 e. The summed E-state index contributed by atoms with van der Waals surface area (Å²) in [5.41, 5.74) is 3.01. The number of fused-ring (bicyclic) bond motifs is 3. The number of benzene rings is 1. The van der Waals surface area contributed by atoms with Gasteiger partial charge in [-0.3, -0.25) is 0 Å². The van der Waals surface area contributed by atoms with Gasteiger partial charge in [-0.25, -0.2) is 0 Å². The zero-order valence-electron chi connectivity index (χ0n) is 11.7. The molecule has 1 aliphatic heterocycles. The van der Waals surface area contributed by atoms with Gasteiger partial charge in [0, 0.05) is 6.54 Å². The molecule has 0 spiro atoms. The molecule has 0 radical (unpaired) electrons. The number of nitrogens with zero attached hydrogens (tertiary/aromatic N) is 1. The van der Waals surface area contributed by atoms with Gasteiger partial charge in [0.05, 0.1) is 18.2 Å². The van der Waals surface area contributed by atoms with E-state index < -0.39 is 0 Å². The van der Waals surface area contributed by atoms with E-state index in [0.717, 1.165) is 11.7 Å². The Bertz CT molecular complexity index is 607. The van der Waals surface area contributed by atoms with Gasteiger partial charge in [-0.1, -0.05) is 6.07 Å². The fraction of sp³-hybridized carbons (Fsp3) is 0.412. The average Bonchev–Trinajstić information content (AvgIpc) is 3.13. The molecule has 0 amide bonds. The Morgan fingerprint density at radius 2 is 2.25 bits per heavy atom. The van der Waals surface area contributed by atoms with Crippen molar-refractivity contribution in [2.75, 3.05) is 18.6 Å². The fourth-order valence-corrected chi connectivity index (χ4v) is 4.64. The third-order valence-corrected chi connectivity index (χ3v) is 5.60. The van der Waals surface area contributed by atoms with Crippen LogP contribution in [-0.4, -0.2) is 13.7 Å². The van der Waals surface area contributed by atoms with Crippen molar-refractivity contribution < 1.29 is 4.74 Å². The summed E-state index contributed by atoms with van der Waals surface area (Å²) in [5.74, 6) is 1.76. The highest BCUT2D eigenvalue weighted by Crippen LogP contribution is 2.48. The summed E-state index contributed by atoms with van der Waals surface area (Å²) >= 11 is 1.86. The first-order valence-electron chi connectivity index (χ1n) is 7.34. The van der Waals surface area contributed by atoms with Crippen molar-refractivity contribution in [3.05, 3.63) is 46.8 Å². The summed E-state index contributed by atoms with van der Waals surface area (Å²) in [6.45, 7) is 1.19. The van der Waals surface area contributed by atoms with E-state index in [1.165, 1.54) is 41.9 Å². The summed E-state index contributed by atoms with van der Waals surface area (Å²) in [5, 5.41) is 3.60. The number of anilines is 1. The Kier molecular flexibility index (Phi) is 2.95. The van der Waals surface area contributed by atoms with Crippen LogP contribution >= 0.6 is 11.3 Å². The Balaban J connectivity index is 1.75. The van der Waals surface area contributed by atoms with Crippen LogP contribution in [0.4, 0.5) is 5.00 Å². The highest BCUT2D eigenvalue weighted by Gasteiger charge is 2.39. The quantitative estimate of drug-likeness (QED) is 0.817. The van der Waals surface area contributed by atoms with Gasteiger partial charge in [-0.15, -0.1) is 11.3 Å². The van der Waals surface area contributed by atoms with Crippen LogP contribution in [0.1, 0.15) is 30.0 Å². The number of rotatable bonds is 2. The molecule has 2 atom stereocenters. The average molecular weight is 285 g/mol. The highest BCUT2D eigenvalue weighted by atomic mass is 32.1. The first-order valence-corrected chi connectivity index (χ1v) is 8.22. The van der Waals surface area contributed by atoms with Crippen molar-refractivity contribution in [2.45, 2.75) is 25.3 Å². The smallest absolute Gasteiger partial charge is 0.119 e. The van der Waals surface area contributed by atoms with Crippen molar-refractivity contribution in [3.8, 4) is 5.75 Å². The molecule has 2 nitrogen and oxygen atoms in total. The molecule has 1 saturated heterocycles. The lowest BCUT2D eigenvalue weighted by Gasteiger charge is -2.39. The second-order valence-electron chi connectivity index (χ2n) is 5.76. The third kappa shape index (κ3) is 1.84. The van der Waals surface area contributed by atoms with E-state index in [9.17, 15) is 0 Å². The Hall–Kier alpha value is -1.48. The van der Waals surface area contributed by atoms with Crippen LogP contribution in [0.2, 0.25) is 0 Å². The van der Waals surface area contributed by atoms with Crippen LogP contribution in [0, 0.1) is 5.92 Å². The van der Waals surface area contributed by atoms with Crippen LogP contribution in [0.5, 0.6) is 5.75 Å². The fourth-order valence-electron chi connectivity index (χ4n) is 3.85. The molecule has 0 saturated carbocycles. The molecule has 2 aliphatic rings. The summed E-state index contributed by atoms with van der Waals surface area (Å²) < 4.78 is 5.38. The van der Waals surface area contributed by atoms with Crippen LogP contribution in [-0.2, 0) is 6.42 Å². The molecule has 20 heavy (non-hydrogen) atoms. The minimum absolute atomic E-state index is 0.573. The number of hydrogen-bond acceptors (Lipinski definition) is 3. The monoisotopic (exact) mass is 285 g/mol. The number of thiophene rings is 1. The first kappa shape index (κ1) is 12.3. The molecule has 3 heteroatoms. The number of ether oxygens (including phenoxy) is 1. The molecule has 1 aliphatic carbocycles. The Morgan fingerprint density at radius 3 is 3.05 bits per heavy atom. The standard InChI is InChI=1S/C17H19NOS/c1-19-14-6-7-15-13(11-14)10-12-4-2-8-18(17(12)15)16-5-3-9-20-16/h3,5-7,9,11-12,17H,2,4,8,10H2,1H3. The SMILES string of the molecule is COc1ccc2c(c1)CC1CCCN(c3cccs3)C21. The molecule has 2 aromatic rings. The molecule has 1 aromatic carbocycles. The van der Waals surface area contributed by atoms with Gasteiger partial charge in [0.15, 0.2) is 0 Å². The van der Waals surface area contributed by atoms with Gasteiger partial charge in [-0.2, -0.15) is 0 Å². The second-order valence-corrected chi connectivity index (χ2v) is 6.69. The topological polar surface area (TPSA) is 12.5 Å². The lowest BCUT2D eigenvalue weighted by atomic mass is 9.90. The van der Waals surface area contributed by atoms with Crippen LogP contribution < -0.4 is 9.64 Å². The maximum atomic E-state index is 5.38. The molecule has 0 N–H and O–H groups in total. The minimum Gasteiger partial charge on any atom is -0.497 e. The number of hydrogen-bond donors (Lipinski definition) is 0. The van der Waals surface area contributed by atoms with Gasteiger partial charge in [0.25, 0.3) is 0 Å². The predicted octanol–water partition coefficient (Wildman–Crippen LogP) is 4.27. The summed E-state index contributed by atoms with van der Waals surface area (Å²) in [4.78, 5) is 2.62. The molecular weight excluding hydrogens is 266 g/mol. The molecule has 104 valence electrons. The lowest BCUT2D eigenvalue weighted by Crippen LogP contribution is -2.36. The van der Waals surface area contributed by atoms with E-state index in [2.05, 4.69) is 40.6 Å². The summed E-state index contributed by atoms with van der Waals surface area (Å²) in [6.07, 6.45) is 3.87. The van der Waals surface area contributed by atoms with Crippen molar-refractivity contribution in [3.63, 3.8) is 0 Å². The Morgan fingerprint density at radius 1 is 1.30 bits per heavy atom. The lowest BCUT2D eigenvalue weighted by molar-refractivity contribution is 0.352. The third-order valence-electron chi connectivity index (χ3n) is 4.70. The zero-order chi connectivity index (χ0) is 13.5. The first-order chi connectivity index (χ1) is 9.86. The Labute approximate surface area is 124 Å². The van der Waals surface area contributed by atoms with Crippen molar-refractivity contribution in [1.82, 2.24) is 0 Å². The molecular formula is C17H19NOS. The number of piperidine rings is 1. The highest BCUT2D eigenvalue weighted by molar-refractivity contribution is 7.14.